The Kier molecular flexibility index (Phi) is 5.05. The number of ether oxygens (including phenoxy) is 1. The van der Waals surface area contributed by atoms with Crippen molar-refractivity contribution in [2.24, 2.45) is 0 Å². The summed E-state index contributed by atoms with van der Waals surface area (Å²) in [6.07, 6.45) is 2.10. The van der Waals surface area contributed by atoms with E-state index in [4.69, 9.17) is 4.74 Å². The standard InChI is InChI=1S/C11H22N2O2/c1-9(8-15-3)12-11-4-6-13(7-5-11)10(2)14/h9,11-12H,4-8H2,1-3H3. The third kappa shape index (κ3) is 4.18. The van der Waals surface area contributed by atoms with Gasteiger partial charge in [-0.1, -0.05) is 0 Å². The quantitative estimate of drug-likeness (QED) is 0.746. The minimum atomic E-state index is 0.193. The highest BCUT2D eigenvalue weighted by molar-refractivity contribution is 5.73. The first-order valence-electron chi connectivity index (χ1n) is 5.64. The number of carbonyl (C=O) groups is 1. The smallest absolute Gasteiger partial charge is 0.219 e. The second-order valence-corrected chi connectivity index (χ2v) is 4.30. The van der Waals surface area contributed by atoms with Crippen molar-refractivity contribution in [1.29, 1.82) is 0 Å². The fraction of sp³-hybridized carbons (Fsp3) is 0.909. The summed E-state index contributed by atoms with van der Waals surface area (Å²) in [6, 6.07) is 0.926. The number of nitrogens with zero attached hydrogens (tertiary/aromatic N) is 1. The Hall–Kier alpha value is -0.610. The highest BCUT2D eigenvalue weighted by Gasteiger charge is 2.21. The second-order valence-electron chi connectivity index (χ2n) is 4.30. The van der Waals surface area contributed by atoms with Crippen molar-refractivity contribution in [3.05, 3.63) is 0 Å². The fourth-order valence-electron chi connectivity index (χ4n) is 2.06. The molecule has 1 N–H and O–H groups in total. The zero-order chi connectivity index (χ0) is 11.3. The average Bonchev–Trinajstić information content (AvgIpc) is 2.18. The number of hydrogen-bond donors (Lipinski definition) is 1. The molecule has 0 radical (unpaired) electrons. The molecule has 1 fully saturated rings. The van der Waals surface area contributed by atoms with Crippen LogP contribution in [0.2, 0.25) is 0 Å². The normalized spacial score (nSPS) is 20.3. The van der Waals surface area contributed by atoms with E-state index in [9.17, 15) is 4.79 Å². The van der Waals surface area contributed by atoms with E-state index < -0.39 is 0 Å². The summed E-state index contributed by atoms with van der Waals surface area (Å²) >= 11 is 0. The van der Waals surface area contributed by atoms with E-state index in [-0.39, 0.29) is 5.91 Å². The summed E-state index contributed by atoms with van der Waals surface area (Å²) in [4.78, 5) is 13.0. The molecule has 0 saturated carbocycles. The zero-order valence-corrected chi connectivity index (χ0v) is 9.95. The number of amides is 1. The SMILES string of the molecule is COCC(C)NC1CCN(C(C)=O)CC1. The Morgan fingerprint density at radius 1 is 1.53 bits per heavy atom. The zero-order valence-electron chi connectivity index (χ0n) is 9.95. The van der Waals surface area contributed by atoms with Crippen molar-refractivity contribution in [3.63, 3.8) is 0 Å². The van der Waals surface area contributed by atoms with Crippen LogP contribution < -0.4 is 5.32 Å². The van der Waals surface area contributed by atoms with Crippen LogP contribution >= 0.6 is 0 Å². The molecule has 88 valence electrons. The lowest BCUT2D eigenvalue weighted by Crippen LogP contribution is -2.47. The van der Waals surface area contributed by atoms with Crippen LogP contribution in [-0.4, -0.2) is 49.7 Å². The van der Waals surface area contributed by atoms with Gasteiger partial charge in [0.15, 0.2) is 0 Å². The van der Waals surface area contributed by atoms with Crippen molar-refractivity contribution < 1.29 is 9.53 Å². The summed E-state index contributed by atoms with van der Waals surface area (Å²) in [5, 5.41) is 3.52. The van der Waals surface area contributed by atoms with Gasteiger partial charge in [0.1, 0.15) is 0 Å². The van der Waals surface area contributed by atoms with E-state index in [1.54, 1.807) is 14.0 Å². The van der Waals surface area contributed by atoms with Gasteiger partial charge in [-0.2, -0.15) is 0 Å². The van der Waals surface area contributed by atoms with Crippen LogP contribution in [0, 0.1) is 0 Å². The molecule has 1 aliphatic rings. The predicted molar refractivity (Wildman–Crippen MR) is 59.7 cm³/mol. The molecule has 0 spiro atoms. The van der Waals surface area contributed by atoms with Gasteiger partial charge >= 0.3 is 0 Å². The predicted octanol–water partition coefficient (Wildman–Crippen LogP) is 0.622. The van der Waals surface area contributed by atoms with Crippen LogP contribution in [-0.2, 0) is 9.53 Å². The lowest BCUT2D eigenvalue weighted by molar-refractivity contribution is -0.129. The molecule has 0 aliphatic carbocycles. The molecule has 1 rings (SSSR count). The van der Waals surface area contributed by atoms with Crippen molar-refractivity contribution in [2.45, 2.75) is 38.8 Å². The first-order chi connectivity index (χ1) is 7.13. The molecule has 0 aromatic rings. The Labute approximate surface area is 92.0 Å². The fourth-order valence-corrected chi connectivity index (χ4v) is 2.06. The van der Waals surface area contributed by atoms with Gasteiger partial charge in [-0.05, 0) is 19.8 Å². The first-order valence-corrected chi connectivity index (χ1v) is 5.64. The summed E-state index contributed by atoms with van der Waals surface area (Å²) in [5.41, 5.74) is 0. The molecule has 1 saturated heterocycles. The Morgan fingerprint density at radius 2 is 2.13 bits per heavy atom. The summed E-state index contributed by atoms with van der Waals surface area (Å²) in [7, 11) is 1.72. The van der Waals surface area contributed by atoms with E-state index in [1.165, 1.54) is 0 Å². The number of rotatable bonds is 4. The third-order valence-corrected chi connectivity index (χ3v) is 2.88. The molecular weight excluding hydrogens is 192 g/mol. The average molecular weight is 214 g/mol. The molecule has 0 bridgehead atoms. The Bertz CT molecular complexity index is 201. The van der Waals surface area contributed by atoms with Crippen molar-refractivity contribution in [3.8, 4) is 0 Å². The van der Waals surface area contributed by atoms with Crippen LogP contribution in [0.4, 0.5) is 0 Å². The minimum Gasteiger partial charge on any atom is -0.383 e. The second kappa shape index (κ2) is 6.08. The molecule has 1 aliphatic heterocycles. The van der Waals surface area contributed by atoms with E-state index in [0.29, 0.717) is 12.1 Å². The molecule has 1 unspecified atom stereocenters. The maximum Gasteiger partial charge on any atom is 0.219 e. The highest BCUT2D eigenvalue weighted by Crippen LogP contribution is 2.10. The lowest BCUT2D eigenvalue weighted by Gasteiger charge is -2.33. The van der Waals surface area contributed by atoms with E-state index in [0.717, 1.165) is 32.5 Å². The number of carbonyl (C=O) groups excluding carboxylic acids is 1. The molecule has 1 atom stereocenters. The van der Waals surface area contributed by atoms with Gasteiger partial charge < -0.3 is 15.0 Å². The monoisotopic (exact) mass is 214 g/mol. The summed E-state index contributed by atoms with van der Waals surface area (Å²) in [5.74, 6) is 0.193. The van der Waals surface area contributed by atoms with Gasteiger partial charge in [0, 0.05) is 39.2 Å². The van der Waals surface area contributed by atoms with Crippen LogP contribution in [0.1, 0.15) is 26.7 Å². The number of nitrogens with one attached hydrogen (secondary N) is 1. The van der Waals surface area contributed by atoms with E-state index in [1.807, 2.05) is 4.90 Å². The number of methoxy groups -OCH3 is 1. The van der Waals surface area contributed by atoms with Gasteiger partial charge in [0.25, 0.3) is 0 Å². The van der Waals surface area contributed by atoms with Gasteiger partial charge in [-0.15, -0.1) is 0 Å². The summed E-state index contributed by atoms with van der Waals surface area (Å²) < 4.78 is 5.08. The van der Waals surface area contributed by atoms with Crippen LogP contribution in [0.15, 0.2) is 0 Å². The molecule has 1 heterocycles. The maximum absolute atomic E-state index is 11.1. The molecule has 15 heavy (non-hydrogen) atoms. The Morgan fingerprint density at radius 3 is 2.60 bits per heavy atom. The Balaban J connectivity index is 2.22. The molecule has 4 nitrogen and oxygen atoms in total. The number of likely N-dealkylation sites (tertiary alicyclic amines) is 1. The van der Waals surface area contributed by atoms with Crippen molar-refractivity contribution in [1.82, 2.24) is 10.2 Å². The molecular formula is C11H22N2O2. The number of piperidine rings is 1. The maximum atomic E-state index is 11.1. The van der Waals surface area contributed by atoms with Gasteiger partial charge in [-0.3, -0.25) is 4.79 Å². The van der Waals surface area contributed by atoms with Gasteiger partial charge in [0.05, 0.1) is 6.61 Å². The largest absolute Gasteiger partial charge is 0.383 e. The third-order valence-electron chi connectivity index (χ3n) is 2.88. The van der Waals surface area contributed by atoms with Crippen LogP contribution in [0.25, 0.3) is 0 Å². The van der Waals surface area contributed by atoms with Gasteiger partial charge in [-0.25, -0.2) is 0 Å². The van der Waals surface area contributed by atoms with Gasteiger partial charge in [0.2, 0.25) is 5.91 Å². The molecule has 0 aromatic heterocycles. The highest BCUT2D eigenvalue weighted by atomic mass is 16.5. The lowest BCUT2D eigenvalue weighted by atomic mass is 10.0. The summed E-state index contributed by atoms with van der Waals surface area (Å²) in [6.45, 7) is 6.27. The van der Waals surface area contributed by atoms with Crippen LogP contribution in [0.5, 0.6) is 0 Å². The minimum absolute atomic E-state index is 0.193. The molecule has 0 aromatic carbocycles. The van der Waals surface area contributed by atoms with E-state index in [2.05, 4.69) is 12.2 Å². The molecule has 4 heteroatoms. The first kappa shape index (κ1) is 12.5. The molecule has 1 amide bonds. The van der Waals surface area contributed by atoms with Crippen molar-refractivity contribution in [2.75, 3.05) is 26.8 Å². The number of hydrogen-bond acceptors (Lipinski definition) is 3. The van der Waals surface area contributed by atoms with Crippen LogP contribution in [0.3, 0.4) is 0 Å². The topological polar surface area (TPSA) is 41.6 Å². The van der Waals surface area contributed by atoms with Crippen molar-refractivity contribution >= 4 is 5.91 Å². The van der Waals surface area contributed by atoms with E-state index >= 15 is 0 Å².